The normalized spacial score (nSPS) is 25.8. The fraction of sp³-hybridized carbons (Fsp3) is 0.538. The third kappa shape index (κ3) is 2.47. The zero-order chi connectivity index (χ0) is 14.3. The molecule has 1 aromatic rings. The van der Waals surface area contributed by atoms with Gasteiger partial charge in [-0.05, 0) is 30.9 Å². The van der Waals surface area contributed by atoms with Crippen molar-refractivity contribution in [2.24, 2.45) is 5.92 Å². The second-order valence-electron chi connectivity index (χ2n) is 5.51. The number of sulfonamides is 1. The van der Waals surface area contributed by atoms with Gasteiger partial charge in [-0.25, -0.2) is 8.42 Å². The van der Waals surface area contributed by atoms with E-state index >= 15 is 0 Å². The molecule has 0 saturated heterocycles. The van der Waals surface area contributed by atoms with E-state index in [0.717, 1.165) is 25.7 Å². The number of nitrogens with one attached hydrogen (secondary N) is 2. The average Bonchev–Trinajstić information content (AvgIpc) is 2.41. The Morgan fingerprint density at radius 2 is 1.90 bits per heavy atom. The summed E-state index contributed by atoms with van der Waals surface area (Å²) in [6, 6.07) is 3.00. The second-order valence-corrected chi connectivity index (χ2v) is 7.60. The van der Waals surface area contributed by atoms with Crippen LogP contribution < -0.4 is 15.8 Å². The van der Waals surface area contributed by atoms with Crippen LogP contribution in [0.4, 0.5) is 11.4 Å². The van der Waals surface area contributed by atoms with Crippen molar-refractivity contribution in [3.05, 3.63) is 17.2 Å². The zero-order valence-electron chi connectivity index (χ0n) is 11.0. The molecule has 1 aliphatic carbocycles. The molecule has 0 radical (unpaired) electrons. The van der Waals surface area contributed by atoms with Crippen molar-refractivity contribution in [1.82, 2.24) is 4.72 Å². The van der Waals surface area contributed by atoms with Crippen molar-refractivity contribution in [1.29, 1.82) is 0 Å². The van der Waals surface area contributed by atoms with E-state index in [1.165, 1.54) is 12.5 Å². The summed E-state index contributed by atoms with van der Waals surface area (Å²) >= 11 is 5.99. The van der Waals surface area contributed by atoms with Gasteiger partial charge in [0.1, 0.15) is 4.90 Å². The molecule has 3 rings (SSSR count). The summed E-state index contributed by atoms with van der Waals surface area (Å²) in [7, 11) is -3.53. The summed E-state index contributed by atoms with van der Waals surface area (Å²) < 4.78 is 27.4. The minimum atomic E-state index is -3.53. The van der Waals surface area contributed by atoms with Gasteiger partial charge in [-0.2, -0.15) is 4.72 Å². The summed E-state index contributed by atoms with van der Waals surface area (Å²) in [4.78, 5) is 0.173. The number of benzene rings is 1. The maximum absolute atomic E-state index is 12.3. The van der Waals surface area contributed by atoms with Crippen LogP contribution >= 0.6 is 11.6 Å². The molecule has 5 nitrogen and oxygen atoms in total. The Bertz CT molecular complexity index is 627. The second kappa shape index (κ2) is 5.09. The van der Waals surface area contributed by atoms with E-state index in [0.29, 0.717) is 16.6 Å². The lowest BCUT2D eigenvalue weighted by molar-refractivity contribution is 0.306. The summed E-state index contributed by atoms with van der Waals surface area (Å²) in [5, 5.41) is 3.63. The van der Waals surface area contributed by atoms with Gasteiger partial charge in [0.15, 0.2) is 0 Å². The molecule has 2 aliphatic rings. The zero-order valence-corrected chi connectivity index (χ0v) is 12.6. The van der Waals surface area contributed by atoms with Crippen molar-refractivity contribution >= 4 is 33.0 Å². The molecule has 0 amide bonds. The number of hydrogen-bond donors (Lipinski definition) is 3. The van der Waals surface area contributed by atoms with Crippen LogP contribution in [0.5, 0.6) is 0 Å². The quantitative estimate of drug-likeness (QED) is 0.695. The predicted octanol–water partition coefficient (Wildman–Crippen LogP) is 2.53. The fourth-order valence-corrected chi connectivity index (χ4v) is 4.58. The van der Waals surface area contributed by atoms with Gasteiger partial charge < -0.3 is 11.1 Å². The van der Waals surface area contributed by atoms with Crippen LogP contribution in [0.15, 0.2) is 17.0 Å². The van der Waals surface area contributed by atoms with Crippen molar-refractivity contribution in [3.8, 4) is 0 Å². The Balaban J connectivity index is 1.96. The van der Waals surface area contributed by atoms with Crippen molar-refractivity contribution in [2.75, 3.05) is 11.1 Å². The van der Waals surface area contributed by atoms with E-state index in [-0.39, 0.29) is 16.7 Å². The highest BCUT2D eigenvalue weighted by Crippen LogP contribution is 2.36. The molecule has 7 heteroatoms. The monoisotopic (exact) mass is 315 g/mol. The SMILES string of the molecule is Nc1cc2c(cc1Cl)NC(C1CCCCC1)NS2(=O)=O. The minimum Gasteiger partial charge on any atom is -0.397 e. The van der Waals surface area contributed by atoms with E-state index in [9.17, 15) is 8.42 Å². The van der Waals surface area contributed by atoms with Crippen molar-refractivity contribution in [2.45, 2.75) is 43.2 Å². The number of nitrogen functional groups attached to an aromatic ring is 1. The van der Waals surface area contributed by atoms with Gasteiger partial charge in [0.05, 0.1) is 22.6 Å². The molecule has 4 N–H and O–H groups in total. The summed E-state index contributed by atoms with van der Waals surface area (Å²) in [5.74, 6) is 0.322. The van der Waals surface area contributed by atoms with Gasteiger partial charge in [0.2, 0.25) is 10.0 Å². The third-order valence-corrected chi connectivity index (χ3v) is 5.91. The highest BCUT2D eigenvalue weighted by atomic mass is 35.5. The molecule has 20 heavy (non-hydrogen) atoms. The molecular weight excluding hydrogens is 298 g/mol. The molecule has 1 aliphatic heterocycles. The van der Waals surface area contributed by atoms with E-state index in [4.69, 9.17) is 17.3 Å². The van der Waals surface area contributed by atoms with Crippen molar-refractivity contribution in [3.63, 3.8) is 0 Å². The Hall–Kier alpha value is -0.980. The lowest BCUT2D eigenvalue weighted by Gasteiger charge is -2.35. The lowest BCUT2D eigenvalue weighted by atomic mass is 9.87. The van der Waals surface area contributed by atoms with Crippen LogP contribution in [-0.4, -0.2) is 14.6 Å². The fourth-order valence-electron chi connectivity index (χ4n) is 3.01. The molecule has 1 aromatic carbocycles. The number of halogens is 1. The maximum Gasteiger partial charge on any atom is 0.244 e. The molecule has 1 unspecified atom stereocenters. The van der Waals surface area contributed by atoms with Crippen LogP contribution in [0.1, 0.15) is 32.1 Å². The molecule has 110 valence electrons. The number of fused-ring (bicyclic) bond motifs is 1. The van der Waals surface area contributed by atoms with E-state index in [1.54, 1.807) is 6.07 Å². The highest BCUT2D eigenvalue weighted by molar-refractivity contribution is 7.89. The average molecular weight is 316 g/mol. The smallest absolute Gasteiger partial charge is 0.244 e. The molecule has 0 spiro atoms. The van der Waals surface area contributed by atoms with Crippen LogP contribution in [0, 0.1) is 5.92 Å². The van der Waals surface area contributed by atoms with Gasteiger partial charge in [-0.3, -0.25) is 0 Å². The number of hydrogen-bond acceptors (Lipinski definition) is 4. The van der Waals surface area contributed by atoms with Crippen LogP contribution in [-0.2, 0) is 10.0 Å². The number of nitrogens with two attached hydrogens (primary N) is 1. The van der Waals surface area contributed by atoms with E-state index in [1.807, 2.05) is 0 Å². The molecule has 0 aromatic heterocycles. The predicted molar refractivity (Wildman–Crippen MR) is 80.2 cm³/mol. The summed E-state index contributed by atoms with van der Waals surface area (Å²) in [6.45, 7) is 0. The first kappa shape index (κ1) is 14.0. The van der Waals surface area contributed by atoms with Gasteiger partial charge in [0, 0.05) is 0 Å². The molecule has 1 saturated carbocycles. The molecule has 1 atom stereocenters. The largest absolute Gasteiger partial charge is 0.397 e. The van der Waals surface area contributed by atoms with Crippen molar-refractivity contribution < 1.29 is 8.42 Å². The van der Waals surface area contributed by atoms with Gasteiger partial charge >= 0.3 is 0 Å². The minimum absolute atomic E-state index is 0.173. The Morgan fingerprint density at radius 3 is 2.60 bits per heavy atom. The van der Waals surface area contributed by atoms with Gasteiger partial charge in [-0.1, -0.05) is 30.9 Å². The molecule has 0 bridgehead atoms. The van der Waals surface area contributed by atoms with Gasteiger partial charge in [-0.15, -0.1) is 0 Å². The van der Waals surface area contributed by atoms with E-state index < -0.39 is 10.0 Å². The topological polar surface area (TPSA) is 84.2 Å². The number of anilines is 2. The maximum atomic E-state index is 12.3. The summed E-state index contributed by atoms with van der Waals surface area (Å²) in [6.07, 6.45) is 5.36. The van der Waals surface area contributed by atoms with Crippen LogP contribution in [0.2, 0.25) is 5.02 Å². The Labute approximate surface area is 123 Å². The van der Waals surface area contributed by atoms with Crippen LogP contribution in [0.25, 0.3) is 0 Å². The Kier molecular flexibility index (Phi) is 3.56. The van der Waals surface area contributed by atoms with E-state index in [2.05, 4.69) is 10.0 Å². The van der Waals surface area contributed by atoms with Crippen LogP contribution in [0.3, 0.4) is 0 Å². The summed E-state index contributed by atoms with van der Waals surface area (Å²) in [5.41, 5.74) is 6.50. The first-order chi connectivity index (χ1) is 9.47. The molecule has 1 fully saturated rings. The first-order valence-corrected chi connectivity index (χ1v) is 8.71. The highest BCUT2D eigenvalue weighted by Gasteiger charge is 2.34. The first-order valence-electron chi connectivity index (χ1n) is 6.85. The Morgan fingerprint density at radius 1 is 1.20 bits per heavy atom. The lowest BCUT2D eigenvalue weighted by Crippen LogP contribution is -2.49. The number of rotatable bonds is 1. The standard InChI is InChI=1S/C13H18ClN3O2S/c14-9-6-11-12(7-10(9)15)20(18,19)17-13(16-11)8-4-2-1-3-5-8/h6-8,13,16-17H,1-5,15H2. The molecular formula is C13H18ClN3O2S. The van der Waals surface area contributed by atoms with Gasteiger partial charge in [0.25, 0.3) is 0 Å². The molecule has 1 heterocycles. The third-order valence-electron chi connectivity index (χ3n) is 4.10.